The van der Waals surface area contributed by atoms with Crippen molar-refractivity contribution >= 4 is 29.3 Å². The topological polar surface area (TPSA) is 83.6 Å². The number of rotatable bonds is 4. The van der Waals surface area contributed by atoms with Gasteiger partial charge in [0.2, 0.25) is 0 Å². The number of primary amides is 1. The van der Waals surface area contributed by atoms with Gasteiger partial charge >= 0.3 is 12.0 Å². The van der Waals surface area contributed by atoms with E-state index in [-0.39, 0.29) is 0 Å². The lowest BCUT2D eigenvalue weighted by Crippen LogP contribution is -2.57. The number of halogens is 2. The third-order valence-electron chi connectivity index (χ3n) is 4.83. The van der Waals surface area contributed by atoms with Crippen LogP contribution in [-0.4, -0.2) is 22.6 Å². The fourth-order valence-electron chi connectivity index (χ4n) is 3.62. The summed E-state index contributed by atoms with van der Waals surface area (Å²) in [5.74, 6) is -1.49. The second-order valence-electron chi connectivity index (χ2n) is 6.39. The van der Waals surface area contributed by atoms with E-state index < -0.39 is 23.4 Å². The molecule has 1 aliphatic rings. The molecule has 7 heteroatoms. The third-order valence-corrected chi connectivity index (χ3v) is 5.07. The van der Waals surface area contributed by atoms with Crippen molar-refractivity contribution in [1.29, 1.82) is 0 Å². The lowest BCUT2D eigenvalue weighted by Gasteiger charge is -2.37. The van der Waals surface area contributed by atoms with Gasteiger partial charge in [-0.25, -0.2) is 14.0 Å². The molecular weight excluding hydrogens is 359 g/mol. The molecule has 0 radical (unpaired) electrons. The lowest BCUT2D eigenvalue weighted by atomic mass is 9.92. The summed E-state index contributed by atoms with van der Waals surface area (Å²) in [7, 11) is 0. The number of carboxylic acid groups (broad SMARTS) is 1. The summed E-state index contributed by atoms with van der Waals surface area (Å²) in [6.07, 6.45) is 2.01. The second-order valence-corrected chi connectivity index (χ2v) is 6.82. The summed E-state index contributed by atoms with van der Waals surface area (Å²) in [4.78, 5) is 25.5. The Balaban J connectivity index is 2.21. The standard InChI is InChI=1S/C19H18ClFN2O3/c20-13-5-8-16(15(11-13)12-3-6-14(21)7-4-12)23(18(22)26)19(17(24)25)9-1-2-10-19/h3-8,11H,1-2,9-10H2,(H2,22,26)(H,24,25). The fourth-order valence-corrected chi connectivity index (χ4v) is 3.79. The van der Waals surface area contributed by atoms with Crippen LogP contribution in [0.5, 0.6) is 0 Å². The van der Waals surface area contributed by atoms with Crippen molar-refractivity contribution in [2.45, 2.75) is 31.2 Å². The van der Waals surface area contributed by atoms with Crippen LogP contribution in [0.4, 0.5) is 14.9 Å². The number of aliphatic carboxylic acids is 1. The van der Waals surface area contributed by atoms with E-state index >= 15 is 0 Å². The molecular formula is C19H18ClFN2O3. The molecule has 0 bridgehead atoms. The summed E-state index contributed by atoms with van der Waals surface area (Å²) < 4.78 is 13.3. The highest BCUT2D eigenvalue weighted by Gasteiger charge is 2.49. The number of carbonyl (C=O) groups is 2. The molecule has 0 aliphatic heterocycles. The first-order valence-electron chi connectivity index (χ1n) is 8.24. The lowest BCUT2D eigenvalue weighted by molar-refractivity contribution is -0.143. The van der Waals surface area contributed by atoms with Crippen molar-refractivity contribution in [3.8, 4) is 11.1 Å². The van der Waals surface area contributed by atoms with Crippen molar-refractivity contribution in [2.75, 3.05) is 4.90 Å². The average Bonchev–Trinajstić information content (AvgIpc) is 3.07. The Morgan fingerprint density at radius 2 is 1.73 bits per heavy atom. The number of benzene rings is 2. The second kappa shape index (κ2) is 6.96. The maximum atomic E-state index is 13.3. The molecule has 3 N–H and O–H groups in total. The maximum absolute atomic E-state index is 13.3. The van der Waals surface area contributed by atoms with E-state index in [1.807, 2.05) is 0 Å². The Morgan fingerprint density at radius 1 is 1.12 bits per heavy atom. The summed E-state index contributed by atoms with van der Waals surface area (Å²) in [5, 5.41) is 10.3. The zero-order chi connectivity index (χ0) is 18.9. The summed E-state index contributed by atoms with van der Waals surface area (Å²) in [6, 6.07) is 9.59. The fraction of sp³-hybridized carbons (Fsp3) is 0.263. The van der Waals surface area contributed by atoms with Gasteiger partial charge in [-0.2, -0.15) is 0 Å². The van der Waals surface area contributed by atoms with Gasteiger partial charge in [0.25, 0.3) is 0 Å². The minimum atomic E-state index is -1.39. The molecule has 0 aromatic heterocycles. The van der Waals surface area contributed by atoms with Gasteiger partial charge in [0.05, 0.1) is 5.69 Å². The Kier molecular flexibility index (Phi) is 4.87. The highest BCUT2D eigenvalue weighted by molar-refractivity contribution is 6.31. The Hall–Kier alpha value is -2.60. The minimum absolute atomic E-state index is 0.316. The van der Waals surface area contributed by atoms with Gasteiger partial charge in [-0.3, -0.25) is 4.90 Å². The quantitative estimate of drug-likeness (QED) is 0.827. The number of hydrogen-bond acceptors (Lipinski definition) is 2. The molecule has 5 nitrogen and oxygen atoms in total. The van der Waals surface area contributed by atoms with E-state index in [2.05, 4.69) is 0 Å². The predicted molar refractivity (Wildman–Crippen MR) is 97.7 cm³/mol. The molecule has 0 heterocycles. The molecule has 1 saturated carbocycles. The van der Waals surface area contributed by atoms with E-state index in [4.69, 9.17) is 17.3 Å². The molecule has 2 aromatic carbocycles. The number of urea groups is 1. The van der Waals surface area contributed by atoms with Gasteiger partial charge in [-0.15, -0.1) is 0 Å². The highest BCUT2D eigenvalue weighted by Crippen LogP contribution is 2.43. The molecule has 0 atom stereocenters. The van der Waals surface area contributed by atoms with Gasteiger partial charge < -0.3 is 10.8 Å². The summed E-state index contributed by atoms with van der Waals surface area (Å²) >= 11 is 6.11. The van der Waals surface area contributed by atoms with Crippen LogP contribution in [0.2, 0.25) is 5.02 Å². The van der Waals surface area contributed by atoms with E-state index in [1.165, 1.54) is 12.1 Å². The van der Waals surface area contributed by atoms with E-state index in [0.717, 1.165) is 4.90 Å². The van der Waals surface area contributed by atoms with Gasteiger partial charge in [0, 0.05) is 10.6 Å². The van der Waals surface area contributed by atoms with Gasteiger partial charge in [-0.1, -0.05) is 36.6 Å². The first-order valence-corrected chi connectivity index (χ1v) is 8.61. The van der Waals surface area contributed by atoms with Crippen LogP contribution in [0.25, 0.3) is 11.1 Å². The normalized spacial score (nSPS) is 15.6. The monoisotopic (exact) mass is 376 g/mol. The SMILES string of the molecule is NC(=O)N(c1ccc(Cl)cc1-c1ccc(F)cc1)C1(C(=O)O)CCCC1. The smallest absolute Gasteiger partial charge is 0.330 e. The van der Waals surface area contributed by atoms with Crippen LogP contribution in [-0.2, 0) is 4.79 Å². The van der Waals surface area contributed by atoms with E-state index in [9.17, 15) is 19.1 Å². The molecule has 2 amide bonds. The molecule has 26 heavy (non-hydrogen) atoms. The molecule has 0 saturated heterocycles. The number of hydrogen-bond donors (Lipinski definition) is 2. The van der Waals surface area contributed by atoms with Crippen molar-refractivity contribution in [3.05, 3.63) is 53.3 Å². The van der Waals surface area contributed by atoms with Crippen molar-refractivity contribution in [2.24, 2.45) is 5.73 Å². The molecule has 1 fully saturated rings. The largest absolute Gasteiger partial charge is 0.479 e. The van der Waals surface area contributed by atoms with Crippen molar-refractivity contribution in [3.63, 3.8) is 0 Å². The van der Waals surface area contributed by atoms with Crippen LogP contribution in [0.15, 0.2) is 42.5 Å². The van der Waals surface area contributed by atoms with Gasteiger partial charge in [0.15, 0.2) is 0 Å². The van der Waals surface area contributed by atoms with E-state index in [0.29, 0.717) is 47.5 Å². The Labute approximate surface area is 155 Å². The van der Waals surface area contributed by atoms with Crippen LogP contribution in [0.1, 0.15) is 25.7 Å². The molecule has 0 unspecified atom stereocenters. The minimum Gasteiger partial charge on any atom is -0.479 e. The summed E-state index contributed by atoms with van der Waals surface area (Å²) in [5.41, 5.74) is 5.68. The van der Waals surface area contributed by atoms with Crippen LogP contribution in [0, 0.1) is 5.82 Å². The average molecular weight is 377 g/mol. The number of carboxylic acids is 1. The van der Waals surface area contributed by atoms with Gasteiger partial charge in [0.1, 0.15) is 11.4 Å². The molecule has 1 aliphatic carbocycles. The number of nitrogens with zero attached hydrogens (tertiary/aromatic N) is 1. The molecule has 136 valence electrons. The first kappa shape index (κ1) is 18.2. The molecule has 2 aromatic rings. The van der Waals surface area contributed by atoms with Gasteiger partial charge in [-0.05, 0) is 48.7 Å². The Bertz CT molecular complexity index is 848. The molecule has 3 rings (SSSR count). The Morgan fingerprint density at radius 3 is 2.27 bits per heavy atom. The third kappa shape index (κ3) is 3.12. The van der Waals surface area contributed by atoms with E-state index in [1.54, 1.807) is 30.3 Å². The zero-order valence-corrected chi connectivity index (χ0v) is 14.7. The predicted octanol–water partition coefficient (Wildman–Crippen LogP) is 4.43. The highest BCUT2D eigenvalue weighted by atomic mass is 35.5. The van der Waals surface area contributed by atoms with Crippen LogP contribution in [0.3, 0.4) is 0 Å². The maximum Gasteiger partial charge on any atom is 0.330 e. The van der Waals surface area contributed by atoms with Crippen molar-refractivity contribution in [1.82, 2.24) is 0 Å². The number of amides is 2. The van der Waals surface area contributed by atoms with Crippen LogP contribution >= 0.6 is 11.6 Å². The van der Waals surface area contributed by atoms with Crippen molar-refractivity contribution < 1.29 is 19.1 Å². The first-order chi connectivity index (χ1) is 12.3. The number of nitrogens with two attached hydrogens (primary N) is 1. The zero-order valence-electron chi connectivity index (χ0n) is 13.9. The molecule has 0 spiro atoms. The number of anilines is 1. The van der Waals surface area contributed by atoms with Crippen LogP contribution < -0.4 is 10.6 Å². The summed E-state index contributed by atoms with van der Waals surface area (Å²) in [6.45, 7) is 0. The number of carbonyl (C=O) groups excluding carboxylic acids is 1.